The monoisotopic (exact) mass is 353 g/mol. The molecule has 3 amide bonds. The first kappa shape index (κ1) is 17.5. The number of nitrogens with one attached hydrogen (secondary N) is 3. The molecule has 0 aliphatic carbocycles. The first-order valence-corrected chi connectivity index (χ1v) is 8.16. The molecule has 7 nitrogen and oxygen atoms in total. The van der Waals surface area contributed by atoms with E-state index in [-0.39, 0.29) is 24.1 Å². The highest BCUT2D eigenvalue weighted by atomic mass is 16.5. The average molecular weight is 353 g/mol. The van der Waals surface area contributed by atoms with Crippen molar-refractivity contribution in [1.82, 2.24) is 0 Å². The second-order valence-corrected chi connectivity index (χ2v) is 6.11. The highest BCUT2D eigenvalue weighted by molar-refractivity contribution is 6.02. The summed E-state index contributed by atoms with van der Waals surface area (Å²) in [6.07, 6.45) is -0.990. The van der Waals surface area contributed by atoms with Crippen molar-refractivity contribution in [2.75, 3.05) is 16.0 Å². The molecule has 0 spiro atoms. The lowest BCUT2D eigenvalue weighted by molar-refractivity contribution is -0.128. The van der Waals surface area contributed by atoms with Crippen molar-refractivity contribution in [3.63, 3.8) is 0 Å². The summed E-state index contributed by atoms with van der Waals surface area (Å²) in [5, 5.41) is 8.12. The molecule has 2 aromatic rings. The van der Waals surface area contributed by atoms with Gasteiger partial charge in [-0.25, -0.2) is 0 Å². The highest BCUT2D eigenvalue weighted by Gasteiger charge is 2.29. The Labute approximate surface area is 150 Å². The van der Waals surface area contributed by atoms with E-state index in [1.807, 2.05) is 19.1 Å². The summed E-state index contributed by atoms with van der Waals surface area (Å²) in [6, 6.07) is 12.2. The number of amides is 3. The van der Waals surface area contributed by atoms with Crippen molar-refractivity contribution in [2.24, 2.45) is 0 Å². The molecule has 0 radical (unpaired) electrons. The van der Waals surface area contributed by atoms with Gasteiger partial charge in [-0.2, -0.15) is 0 Å². The minimum Gasteiger partial charge on any atom is -0.478 e. The molecule has 2 aromatic carbocycles. The number of benzene rings is 2. The summed E-state index contributed by atoms with van der Waals surface area (Å²) in [6.45, 7) is 3.34. The van der Waals surface area contributed by atoms with E-state index in [0.717, 1.165) is 5.56 Å². The lowest BCUT2D eigenvalue weighted by Crippen LogP contribution is -2.39. The number of carbonyl (C=O) groups excluding carboxylic acids is 3. The van der Waals surface area contributed by atoms with E-state index in [4.69, 9.17) is 4.74 Å². The number of anilines is 3. The van der Waals surface area contributed by atoms with Crippen molar-refractivity contribution < 1.29 is 19.1 Å². The zero-order valence-corrected chi connectivity index (χ0v) is 14.5. The highest BCUT2D eigenvalue weighted by Crippen LogP contribution is 2.31. The van der Waals surface area contributed by atoms with Crippen molar-refractivity contribution in [1.29, 1.82) is 0 Å². The fraction of sp³-hybridized carbons (Fsp3) is 0.211. The van der Waals surface area contributed by atoms with E-state index < -0.39 is 6.10 Å². The zero-order valence-electron chi connectivity index (χ0n) is 14.5. The summed E-state index contributed by atoms with van der Waals surface area (Å²) in [5.41, 5.74) is 2.82. The number of aryl methyl sites for hydroxylation is 1. The third-order valence-corrected chi connectivity index (χ3v) is 3.81. The lowest BCUT2D eigenvalue weighted by atomic mass is 10.1. The molecule has 0 bridgehead atoms. The summed E-state index contributed by atoms with van der Waals surface area (Å²) >= 11 is 0. The Morgan fingerprint density at radius 3 is 2.38 bits per heavy atom. The molecule has 134 valence electrons. The molecule has 0 saturated carbocycles. The largest absolute Gasteiger partial charge is 0.478 e. The fourth-order valence-electron chi connectivity index (χ4n) is 2.62. The Balaban J connectivity index is 1.60. The van der Waals surface area contributed by atoms with Crippen LogP contribution in [0.15, 0.2) is 42.5 Å². The van der Waals surface area contributed by atoms with Gasteiger partial charge >= 0.3 is 0 Å². The standard InChI is InChI=1S/C19H19N3O4/c1-11-3-8-16-15(9-11)22-19(25)17(26-16)10-18(24)21-14-6-4-13(5-7-14)20-12(2)23/h3-9,17H,10H2,1-2H3,(H,20,23)(H,21,24)(H,22,25)/t17-/m0/s1. The first-order chi connectivity index (χ1) is 12.4. The Bertz CT molecular complexity index is 862. The second kappa shape index (κ2) is 7.26. The van der Waals surface area contributed by atoms with Gasteiger partial charge in [0.2, 0.25) is 11.8 Å². The van der Waals surface area contributed by atoms with Gasteiger partial charge in [-0.05, 0) is 48.9 Å². The number of carbonyl (C=O) groups is 3. The van der Waals surface area contributed by atoms with Crippen LogP contribution in [0.3, 0.4) is 0 Å². The molecule has 0 aromatic heterocycles. The molecule has 0 saturated heterocycles. The molecule has 26 heavy (non-hydrogen) atoms. The predicted molar refractivity (Wildman–Crippen MR) is 98.2 cm³/mol. The minimum absolute atomic E-state index is 0.105. The van der Waals surface area contributed by atoms with Crippen molar-refractivity contribution in [3.8, 4) is 5.75 Å². The average Bonchev–Trinajstić information content (AvgIpc) is 2.57. The fourth-order valence-corrected chi connectivity index (χ4v) is 2.62. The SMILES string of the molecule is CC(=O)Nc1ccc(NC(=O)C[C@@H]2Oc3ccc(C)cc3NC2=O)cc1. The van der Waals surface area contributed by atoms with Crippen molar-refractivity contribution >= 4 is 34.8 Å². The molecule has 1 aliphatic rings. The molecule has 7 heteroatoms. The Morgan fingerprint density at radius 1 is 1.08 bits per heavy atom. The van der Waals surface area contributed by atoms with E-state index in [1.165, 1.54) is 6.92 Å². The van der Waals surface area contributed by atoms with Gasteiger partial charge in [0.25, 0.3) is 5.91 Å². The van der Waals surface area contributed by atoms with Crippen molar-refractivity contribution in [3.05, 3.63) is 48.0 Å². The van der Waals surface area contributed by atoms with Crippen LogP contribution in [-0.4, -0.2) is 23.8 Å². The van der Waals surface area contributed by atoms with Gasteiger partial charge in [-0.3, -0.25) is 14.4 Å². The molecular formula is C19H19N3O4. The number of fused-ring (bicyclic) bond motifs is 1. The van der Waals surface area contributed by atoms with Gasteiger partial charge in [-0.1, -0.05) is 6.07 Å². The quantitative estimate of drug-likeness (QED) is 0.787. The Kier molecular flexibility index (Phi) is 4.88. The van der Waals surface area contributed by atoms with Gasteiger partial charge in [0, 0.05) is 18.3 Å². The molecular weight excluding hydrogens is 334 g/mol. The van der Waals surface area contributed by atoms with E-state index in [1.54, 1.807) is 30.3 Å². The third kappa shape index (κ3) is 4.18. The lowest BCUT2D eigenvalue weighted by Gasteiger charge is -2.25. The van der Waals surface area contributed by atoms with E-state index >= 15 is 0 Å². The zero-order chi connectivity index (χ0) is 18.7. The van der Waals surface area contributed by atoms with Crippen LogP contribution in [0.1, 0.15) is 18.9 Å². The number of hydrogen-bond donors (Lipinski definition) is 3. The van der Waals surface area contributed by atoms with E-state index in [0.29, 0.717) is 22.8 Å². The van der Waals surface area contributed by atoms with Crippen LogP contribution in [0.25, 0.3) is 0 Å². The Hall–Kier alpha value is -3.35. The smallest absolute Gasteiger partial charge is 0.266 e. The number of rotatable bonds is 4. The van der Waals surface area contributed by atoms with Gasteiger partial charge < -0.3 is 20.7 Å². The molecule has 0 fully saturated rings. The maximum absolute atomic E-state index is 12.2. The normalized spacial score (nSPS) is 15.3. The van der Waals surface area contributed by atoms with Crippen LogP contribution >= 0.6 is 0 Å². The topological polar surface area (TPSA) is 96.5 Å². The number of hydrogen-bond acceptors (Lipinski definition) is 4. The Morgan fingerprint density at radius 2 is 1.73 bits per heavy atom. The van der Waals surface area contributed by atoms with Gasteiger partial charge in [0.05, 0.1) is 12.1 Å². The third-order valence-electron chi connectivity index (χ3n) is 3.81. The van der Waals surface area contributed by atoms with Crippen molar-refractivity contribution in [2.45, 2.75) is 26.4 Å². The van der Waals surface area contributed by atoms with Gasteiger partial charge in [-0.15, -0.1) is 0 Å². The van der Waals surface area contributed by atoms with Crippen LogP contribution < -0.4 is 20.7 Å². The van der Waals surface area contributed by atoms with Crippen LogP contribution in [-0.2, 0) is 14.4 Å². The van der Waals surface area contributed by atoms with Gasteiger partial charge in [0.1, 0.15) is 5.75 Å². The molecule has 1 aliphatic heterocycles. The van der Waals surface area contributed by atoms with E-state index in [2.05, 4.69) is 16.0 Å². The second-order valence-electron chi connectivity index (χ2n) is 6.11. The first-order valence-electron chi connectivity index (χ1n) is 8.16. The maximum atomic E-state index is 12.2. The molecule has 0 unspecified atom stereocenters. The van der Waals surface area contributed by atoms with Crippen LogP contribution in [0, 0.1) is 6.92 Å². The molecule has 3 rings (SSSR count). The van der Waals surface area contributed by atoms with Crippen LogP contribution in [0.5, 0.6) is 5.75 Å². The summed E-state index contributed by atoms with van der Waals surface area (Å²) in [5.74, 6) is -0.308. The molecule has 1 heterocycles. The summed E-state index contributed by atoms with van der Waals surface area (Å²) in [7, 11) is 0. The molecule has 1 atom stereocenters. The minimum atomic E-state index is -0.885. The number of ether oxygens (including phenoxy) is 1. The predicted octanol–water partition coefficient (Wildman–Crippen LogP) is 2.68. The van der Waals surface area contributed by atoms with Crippen LogP contribution in [0.2, 0.25) is 0 Å². The maximum Gasteiger partial charge on any atom is 0.266 e. The van der Waals surface area contributed by atoms with Crippen LogP contribution in [0.4, 0.5) is 17.1 Å². The van der Waals surface area contributed by atoms with Gasteiger partial charge in [0.15, 0.2) is 6.10 Å². The molecule has 3 N–H and O–H groups in total. The summed E-state index contributed by atoms with van der Waals surface area (Å²) in [4.78, 5) is 35.4. The summed E-state index contributed by atoms with van der Waals surface area (Å²) < 4.78 is 5.65. The van der Waals surface area contributed by atoms with E-state index in [9.17, 15) is 14.4 Å².